The van der Waals surface area contributed by atoms with E-state index in [-0.39, 0.29) is 5.78 Å². The van der Waals surface area contributed by atoms with Crippen molar-refractivity contribution in [2.45, 2.75) is 25.7 Å². The fourth-order valence-electron chi connectivity index (χ4n) is 2.37. The second kappa shape index (κ2) is 4.98. The van der Waals surface area contributed by atoms with Crippen LogP contribution in [0.15, 0.2) is 34.8 Å². The maximum absolute atomic E-state index is 12.3. The summed E-state index contributed by atoms with van der Waals surface area (Å²) in [5.74, 6) is 0.237. The molecular formula is C15H13BrOS. The summed E-state index contributed by atoms with van der Waals surface area (Å²) in [5.41, 5.74) is 2.46. The van der Waals surface area contributed by atoms with Crippen molar-refractivity contribution in [2.24, 2.45) is 0 Å². The number of Topliss-reactive ketones (excluding diaryl/α,β-unsaturated/α-hetero) is 1. The van der Waals surface area contributed by atoms with E-state index in [1.807, 2.05) is 24.3 Å². The number of hydrogen-bond acceptors (Lipinski definition) is 2. The van der Waals surface area contributed by atoms with Crippen molar-refractivity contribution in [1.82, 2.24) is 0 Å². The van der Waals surface area contributed by atoms with Crippen LogP contribution in [0.25, 0.3) is 0 Å². The van der Waals surface area contributed by atoms with Crippen molar-refractivity contribution in [3.05, 3.63) is 55.7 Å². The van der Waals surface area contributed by atoms with Crippen molar-refractivity contribution in [3.63, 3.8) is 0 Å². The summed E-state index contributed by atoms with van der Waals surface area (Å²) in [7, 11) is 0. The molecule has 0 atom stereocenters. The molecule has 3 rings (SSSR count). The molecule has 0 N–H and O–H groups in total. The molecule has 1 aromatic heterocycles. The Morgan fingerprint density at radius 2 is 2.11 bits per heavy atom. The number of aryl methyl sites for hydroxylation is 2. The summed E-state index contributed by atoms with van der Waals surface area (Å²) in [6, 6.07) is 10.0. The lowest BCUT2D eigenvalue weighted by molar-refractivity contribution is 0.0996. The van der Waals surface area contributed by atoms with E-state index in [0.717, 1.165) is 27.8 Å². The first-order valence-corrected chi connectivity index (χ1v) is 7.73. The molecule has 1 aliphatic rings. The van der Waals surface area contributed by atoms with Crippen molar-refractivity contribution in [1.29, 1.82) is 0 Å². The minimum Gasteiger partial charge on any atom is -0.293 e. The quantitative estimate of drug-likeness (QED) is 0.765. The molecular weight excluding hydrogens is 308 g/mol. The molecule has 1 aromatic carbocycles. The molecule has 0 aliphatic heterocycles. The minimum absolute atomic E-state index is 0.237. The van der Waals surface area contributed by atoms with Crippen molar-refractivity contribution in [3.8, 4) is 0 Å². The highest BCUT2D eigenvalue weighted by atomic mass is 79.9. The summed E-state index contributed by atoms with van der Waals surface area (Å²) in [5, 5.41) is 0. The first-order valence-electron chi connectivity index (χ1n) is 6.12. The van der Waals surface area contributed by atoms with E-state index < -0.39 is 0 Å². The monoisotopic (exact) mass is 320 g/mol. The normalized spacial score (nSPS) is 13.6. The van der Waals surface area contributed by atoms with Crippen LogP contribution in [0.4, 0.5) is 0 Å². The Morgan fingerprint density at radius 1 is 1.28 bits per heavy atom. The van der Waals surface area contributed by atoms with Gasteiger partial charge in [0.25, 0.3) is 0 Å². The highest BCUT2D eigenvalue weighted by Crippen LogP contribution is 2.31. The maximum Gasteiger partial charge on any atom is 0.177 e. The van der Waals surface area contributed by atoms with Gasteiger partial charge in [-0.05, 0) is 42.5 Å². The highest BCUT2D eigenvalue weighted by molar-refractivity contribution is 9.10. The average Bonchev–Trinajstić information content (AvgIpc) is 2.92. The number of carbonyl (C=O) groups excluding carboxylic acids is 1. The van der Waals surface area contributed by atoms with Gasteiger partial charge in [0.15, 0.2) is 5.78 Å². The largest absolute Gasteiger partial charge is 0.293 e. The van der Waals surface area contributed by atoms with Crippen molar-refractivity contribution < 1.29 is 4.79 Å². The molecule has 1 aliphatic carbocycles. The van der Waals surface area contributed by atoms with E-state index in [9.17, 15) is 4.79 Å². The van der Waals surface area contributed by atoms with Gasteiger partial charge < -0.3 is 0 Å². The molecule has 0 unspecified atom stereocenters. The molecule has 92 valence electrons. The fraction of sp³-hybridized carbons (Fsp3) is 0.267. The fourth-order valence-corrected chi connectivity index (χ4v) is 3.98. The number of benzene rings is 1. The average molecular weight is 321 g/mol. The molecule has 0 saturated carbocycles. The lowest BCUT2D eigenvalue weighted by Crippen LogP contribution is -2.01. The second-order valence-corrected chi connectivity index (χ2v) is 6.60. The first-order chi connectivity index (χ1) is 8.74. The van der Waals surface area contributed by atoms with Crippen molar-refractivity contribution in [2.75, 3.05) is 0 Å². The summed E-state index contributed by atoms with van der Waals surface area (Å²) in [6.45, 7) is 0. The van der Waals surface area contributed by atoms with Gasteiger partial charge in [-0.2, -0.15) is 0 Å². The Hall–Kier alpha value is -0.930. The summed E-state index contributed by atoms with van der Waals surface area (Å²) in [4.78, 5) is 14.6. The third-order valence-electron chi connectivity index (χ3n) is 3.33. The second-order valence-electron chi connectivity index (χ2n) is 4.60. The molecule has 18 heavy (non-hydrogen) atoms. The predicted octanol–water partition coefficient (Wildman–Crippen LogP) is 4.42. The Labute approximate surface area is 119 Å². The van der Waals surface area contributed by atoms with Gasteiger partial charge in [0.2, 0.25) is 0 Å². The zero-order valence-electron chi connectivity index (χ0n) is 9.91. The van der Waals surface area contributed by atoms with Gasteiger partial charge in [0, 0.05) is 15.8 Å². The number of carbonyl (C=O) groups is 1. The predicted molar refractivity (Wildman–Crippen MR) is 78.5 cm³/mol. The minimum atomic E-state index is 0.237. The Bertz CT molecular complexity index is 579. The van der Waals surface area contributed by atoms with Gasteiger partial charge in [-0.25, -0.2) is 0 Å². The molecule has 0 radical (unpaired) electrons. The van der Waals surface area contributed by atoms with E-state index in [0.29, 0.717) is 6.42 Å². The van der Waals surface area contributed by atoms with E-state index in [1.165, 1.54) is 16.9 Å². The molecule has 0 amide bonds. The number of halogens is 1. The van der Waals surface area contributed by atoms with Crippen LogP contribution in [0, 0.1) is 0 Å². The summed E-state index contributed by atoms with van der Waals surface area (Å²) < 4.78 is 1.02. The molecule has 1 nitrogen and oxygen atoms in total. The SMILES string of the molecule is O=C(Cc1ccccc1Br)c1cc2c(s1)CCC2. The van der Waals surface area contributed by atoms with Gasteiger partial charge >= 0.3 is 0 Å². The lowest BCUT2D eigenvalue weighted by Gasteiger charge is -2.02. The topological polar surface area (TPSA) is 17.1 Å². The van der Waals surface area contributed by atoms with Gasteiger partial charge in [-0.15, -0.1) is 11.3 Å². The highest BCUT2D eigenvalue weighted by Gasteiger charge is 2.18. The van der Waals surface area contributed by atoms with Gasteiger partial charge in [0.05, 0.1) is 4.88 Å². The smallest absolute Gasteiger partial charge is 0.177 e. The summed E-state index contributed by atoms with van der Waals surface area (Å²) >= 11 is 5.18. The third kappa shape index (κ3) is 2.29. The molecule has 3 heteroatoms. The van der Waals surface area contributed by atoms with Crippen LogP contribution in [-0.2, 0) is 19.3 Å². The van der Waals surface area contributed by atoms with Crippen LogP contribution in [0.5, 0.6) is 0 Å². The van der Waals surface area contributed by atoms with E-state index in [1.54, 1.807) is 11.3 Å². The molecule has 0 saturated heterocycles. The van der Waals surface area contributed by atoms with E-state index in [4.69, 9.17) is 0 Å². The number of hydrogen-bond donors (Lipinski definition) is 0. The van der Waals surface area contributed by atoms with Crippen LogP contribution in [0.3, 0.4) is 0 Å². The van der Waals surface area contributed by atoms with E-state index in [2.05, 4.69) is 22.0 Å². The Morgan fingerprint density at radius 3 is 2.89 bits per heavy atom. The lowest BCUT2D eigenvalue weighted by atomic mass is 10.1. The summed E-state index contributed by atoms with van der Waals surface area (Å²) in [6.07, 6.45) is 4.04. The standard InChI is InChI=1S/C15H13BrOS/c16-12-6-2-1-4-10(12)8-13(17)15-9-11-5-3-7-14(11)18-15/h1-2,4,6,9H,3,5,7-8H2. The molecule has 1 heterocycles. The van der Waals surface area contributed by atoms with Crippen LogP contribution in [-0.4, -0.2) is 5.78 Å². The molecule has 0 fully saturated rings. The van der Waals surface area contributed by atoms with Crippen LogP contribution in [0.1, 0.15) is 32.1 Å². The van der Waals surface area contributed by atoms with Gasteiger partial charge in [-0.1, -0.05) is 34.1 Å². The molecule has 2 aromatic rings. The molecule has 0 bridgehead atoms. The number of ketones is 1. The van der Waals surface area contributed by atoms with Gasteiger partial charge in [0.1, 0.15) is 0 Å². The Kier molecular flexibility index (Phi) is 3.35. The van der Waals surface area contributed by atoms with Crippen LogP contribution in [0.2, 0.25) is 0 Å². The molecule has 0 spiro atoms. The van der Waals surface area contributed by atoms with Crippen LogP contribution < -0.4 is 0 Å². The van der Waals surface area contributed by atoms with E-state index >= 15 is 0 Å². The zero-order chi connectivity index (χ0) is 12.5. The number of thiophene rings is 1. The van der Waals surface area contributed by atoms with Gasteiger partial charge in [-0.3, -0.25) is 4.79 Å². The van der Waals surface area contributed by atoms with Crippen LogP contribution >= 0.6 is 27.3 Å². The van der Waals surface area contributed by atoms with Crippen molar-refractivity contribution >= 4 is 33.0 Å². The maximum atomic E-state index is 12.3. The number of rotatable bonds is 3. The Balaban J connectivity index is 1.81. The first kappa shape index (κ1) is 12.1. The number of fused-ring (bicyclic) bond motifs is 1. The third-order valence-corrected chi connectivity index (χ3v) is 5.38. The zero-order valence-corrected chi connectivity index (χ0v) is 12.3.